The van der Waals surface area contributed by atoms with Crippen molar-refractivity contribution in [1.82, 2.24) is 5.32 Å². The topological polar surface area (TPSA) is 49.3 Å². The average molecular weight is 291 g/mol. The van der Waals surface area contributed by atoms with Gasteiger partial charge >= 0.3 is 0 Å². The molecule has 4 fully saturated rings. The van der Waals surface area contributed by atoms with Crippen molar-refractivity contribution < 1.29 is 9.90 Å². The van der Waals surface area contributed by atoms with Gasteiger partial charge in [-0.15, -0.1) is 0 Å². The molecule has 3 nitrogen and oxygen atoms in total. The zero-order valence-corrected chi connectivity index (χ0v) is 13.4. The van der Waals surface area contributed by atoms with Crippen LogP contribution < -0.4 is 5.32 Å². The lowest BCUT2D eigenvalue weighted by Crippen LogP contribution is -2.61. The lowest BCUT2D eigenvalue weighted by Gasteiger charge is -2.59. The summed E-state index contributed by atoms with van der Waals surface area (Å²) in [6.45, 7) is 4.77. The summed E-state index contributed by atoms with van der Waals surface area (Å²) in [5.74, 6) is 2.49. The lowest BCUT2D eigenvalue weighted by atomic mass is 9.47. The first-order valence-electron chi connectivity index (χ1n) is 8.92. The van der Waals surface area contributed by atoms with Gasteiger partial charge in [0.25, 0.3) is 0 Å². The molecule has 0 spiro atoms. The molecule has 3 aliphatic carbocycles. The highest BCUT2D eigenvalue weighted by Gasteiger charge is 2.60. The van der Waals surface area contributed by atoms with Gasteiger partial charge in [-0.05, 0) is 73.5 Å². The van der Waals surface area contributed by atoms with E-state index in [2.05, 4.69) is 19.2 Å². The number of piperidine rings is 1. The van der Waals surface area contributed by atoms with Gasteiger partial charge in [0.1, 0.15) is 0 Å². The Hall–Kier alpha value is -0.570. The minimum absolute atomic E-state index is 0.0833. The molecule has 118 valence electrons. The molecule has 0 aromatic carbocycles. The zero-order chi connectivity index (χ0) is 14.8. The van der Waals surface area contributed by atoms with E-state index >= 15 is 0 Å². The molecule has 1 aliphatic heterocycles. The van der Waals surface area contributed by atoms with Gasteiger partial charge in [-0.1, -0.05) is 13.8 Å². The van der Waals surface area contributed by atoms with Gasteiger partial charge in [0.15, 0.2) is 0 Å². The molecule has 1 amide bonds. The van der Waals surface area contributed by atoms with Crippen molar-refractivity contribution >= 4 is 5.91 Å². The highest BCUT2D eigenvalue weighted by Crippen LogP contribution is 2.63. The molecule has 0 bridgehead atoms. The van der Waals surface area contributed by atoms with Gasteiger partial charge in [0.2, 0.25) is 5.91 Å². The van der Waals surface area contributed by atoms with Gasteiger partial charge in [-0.2, -0.15) is 0 Å². The largest absolute Gasteiger partial charge is 0.393 e. The normalized spacial score (nSPS) is 56.1. The minimum Gasteiger partial charge on any atom is -0.393 e. The Bertz CT molecular complexity index is 464. The second-order valence-electron chi connectivity index (χ2n) is 8.72. The summed E-state index contributed by atoms with van der Waals surface area (Å²) in [6.07, 6.45) is 8.72. The molecule has 2 unspecified atom stereocenters. The Balaban J connectivity index is 1.64. The van der Waals surface area contributed by atoms with Gasteiger partial charge in [-0.25, -0.2) is 0 Å². The Kier molecular flexibility index (Phi) is 2.99. The van der Waals surface area contributed by atoms with E-state index in [1.165, 1.54) is 25.7 Å². The highest BCUT2D eigenvalue weighted by atomic mass is 16.3. The molecule has 3 saturated carbocycles. The fraction of sp³-hybridized carbons (Fsp3) is 0.944. The van der Waals surface area contributed by atoms with Crippen LogP contribution >= 0.6 is 0 Å². The Morgan fingerprint density at radius 1 is 1.00 bits per heavy atom. The molecule has 4 rings (SSSR count). The third kappa shape index (κ3) is 1.79. The molecule has 7 atom stereocenters. The maximum Gasteiger partial charge on any atom is 0.220 e. The van der Waals surface area contributed by atoms with Crippen molar-refractivity contribution in [2.24, 2.45) is 28.6 Å². The molecule has 1 heterocycles. The molecular formula is C18H29NO2. The van der Waals surface area contributed by atoms with E-state index in [9.17, 15) is 9.90 Å². The van der Waals surface area contributed by atoms with Crippen molar-refractivity contribution in [2.75, 3.05) is 0 Å². The number of aliphatic hydroxyl groups excluding tert-OH is 1. The number of carbonyl (C=O) groups excluding carboxylic acids is 1. The quantitative estimate of drug-likeness (QED) is 0.721. The summed E-state index contributed by atoms with van der Waals surface area (Å²) in [5, 5.41) is 13.7. The lowest BCUT2D eigenvalue weighted by molar-refractivity contribution is -0.138. The van der Waals surface area contributed by atoms with Crippen LogP contribution in [0.3, 0.4) is 0 Å². The smallest absolute Gasteiger partial charge is 0.220 e. The number of amides is 1. The minimum atomic E-state index is -0.0833. The highest BCUT2D eigenvalue weighted by molar-refractivity contribution is 5.77. The second kappa shape index (κ2) is 4.47. The van der Waals surface area contributed by atoms with Crippen LogP contribution in [-0.4, -0.2) is 23.2 Å². The van der Waals surface area contributed by atoms with E-state index in [4.69, 9.17) is 0 Å². The first-order chi connectivity index (χ1) is 9.95. The molecule has 4 aliphatic rings. The van der Waals surface area contributed by atoms with Gasteiger partial charge < -0.3 is 10.4 Å². The summed E-state index contributed by atoms with van der Waals surface area (Å²) in [5.41, 5.74) is 0.466. The summed E-state index contributed by atoms with van der Waals surface area (Å²) in [4.78, 5) is 11.8. The number of hydrogen-bond acceptors (Lipinski definition) is 2. The monoisotopic (exact) mass is 291 g/mol. The van der Waals surface area contributed by atoms with Crippen LogP contribution in [0.5, 0.6) is 0 Å². The summed E-state index contributed by atoms with van der Waals surface area (Å²) >= 11 is 0. The second-order valence-corrected chi connectivity index (χ2v) is 8.72. The zero-order valence-electron chi connectivity index (χ0n) is 13.4. The maximum absolute atomic E-state index is 11.8. The van der Waals surface area contributed by atoms with Crippen molar-refractivity contribution in [2.45, 2.75) is 77.4 Å². The Labute approximate surface area is 127 Å². The van der Waals surface area contributed by atoms with Crippen molar-refractivity contribution in [3.63, 3.8) is 0 Å². The first-order valence-corrected chi connectivity index (χ1v) is 8.92. The fourth-order valence-electron chi connectivity index (χ4n) is 6.67. The molecule has 0 aromatic heterocycles. The number of carbonyl (C=O) groups is 1. The van der Waals surface area contributed by atoms with Gasteiger partial charge in [-0.3, -0.25) is 4.79 Å². The van der Waals surface area contributed by atoms with Crippen LogP contribution in [0.25, 0.3) is 0 Å². The van der Waals surface area contributed by atoms with E-state index in [0.29, 0.717) is 23.8 Å². The van der Waals surface area contributed by atoms with Crippen LogP contribution in [-0.2, 0) is 4.79 Å². The van der Waals surface area contributed by atoms with Crippen LogP contribution in [0.15, 0.2) is 0 Å². The van der Waals surface area contributed by atoms with E-state index in [1.807, 2.05) is 0 Å². The number of hydrogen-bond donors (Lipinski definition) is 2. The van der Waals surface area contributed by atoms with Crippen LogP contribution in [0.4, 0.5) is 0 Å². The van der Waals surface area contributed by atoms with E-state index in [0.717, 1.165) is 31.1 Å². The standard InChI is InChI=1S/C18H29NO2/c1-17-10-8-16(21)19-14(17)5-3-11-12-4-6-15(20)18(12,2)9-7-13(11)17/h11-15,20H,3-10H2,1-2H3,(H,19,21)/t11-,12-,13+,14?,15?,17+,18-/m0/s1. The average Bonchev–Trinajstić information content (AvgIpc) is 2.76. The SMILES string of the molecule is C[C@]12CCC(=O)NC1CC[C@@H]1[C@H]2CC[C@]2(C)C(O)CC[C@@H]12. The third-order valence-corrected chi connectivity index (χ3v) is 8.04. The van der Waals surface area contributed by atoms with Crippen LogP contribution in [0, 0.1) is 28.6 Å². The molecule has 2 N–H and O–H groups in total. The predicted molar refractivity (Wildman–Crippen MR) is 81.6 cm³/mol. The summed E-state index contributed by atoms with van der Waals surface area (Å²) in [6, 6.07) is 0.399. The summed E-state index contributed by atoms with van der Waals surface area (Å²) in [7, 11) is 0. The number of rotatable bonds is 0. The molecular weight excluding hydrogens is 262 g/mol. The molecule has 0 aromatic rings. The van der Waals surface area contributed by atoms with Gasteiger partial charge in [0.05, 0.1) is 6.10 Å². The van der Waals surface area contributed by atoms with Crippen molar-refractivity contribution in [3.8, 4) is 0 Å². The first kappa shape index (κ1) is 14.0. The third-order valence-electron chi connectivity index (χ3n) is 8.04. The molecule has 0 radical (unpaired) electrons. The number of aliphatic hydroxyl groups is 1. The van der Waals surface area contributed by atoms with E-state index in [-0.39, 0.29) is 17.4 Å². The Morgan fingerprint density at radius 3 is 2.57 bits per heavy atom. The molecule has 1 saturated heterocycles. The fourth-order valence-corrected chi connectivity index (χ4v) is 6.67. The van der Waals surface area contributed by atoms with Crippen LogP contribution in [0.2, 0.25) is 0 Å². The Morgan fingerprint density at radius 2 is 1.76 bits per heavy atom. The summed E-state index contributed by atoms with van der Waals surface area (Å²) < 4.78 is 0. The van der Waals surface area contributed by atoms with Crippen molar-refractivity contribution in [3.05, 3.63) is 0 Å². The van der Waals surface area contributed by atoms with E-state index < -0.39 is 0 Å². The van der Waals surface area contributed by atoms with Gasteiger partial charge in [0, 0.05) is 12.5 Å². The van der Waals surface area contributed by atoms with Crippen molar-refractivity contribution in [1.29, 1.82) is 0 Å². The molecule has 21 heavy (non-hydrogen) atoms. The molecule has 3 heteroatoms. The number of fused-ring (bicyclic) bond motifs is 5. The van der Waals surface area contributed by atoms with Crippen LogP contribution in [0.1, 0.15) is 65.2 Å². The maximum atomic E-state index is 11.8. The number of nitrogens with one attached hydrogen (secondary N) is 1. The predicted octanol–water partition coefficient (Wildman–Crippen LogP) is 2.87. The van der Waals surface area contributed by atoms with E-state index in [1.54, 1.807) is 0 Å².